The van der Waals surface area contributed by atoms with Gasteiger partial charge >= 0.3 is 0 Å². The van der Waals surface area contributed by atoms with Crippen LogP contribution in [-0.2, 0) is 0 Å². The van der Waals surface area contributed by atoms with Crippen LogP contribution in [0.1, 0.15) is 38.0 Å². The minimum atomic E-state index is -1.28. The summed E-state index contributed by atoms with van der Waals surface area (Å²) in [6.45, 7) is 1.69. The van der Waals surface area contributed by atoms with Crippen molar-refractivity contribution in [3.05, 3.63) is 89.7 Å². The number of rotatable bonds is 2. The Hall–Kier alpha value is -3.80. The minimum absolute atomic E-state index is 0.205. The second-order valence-electron chi connectivity index (χ2n) is 7.40. The highest BCUT2D eigenvalue weighted by Crippen LogP contribution is 2.43. The lowest BCUT2D eigenvalue weighted by Gasteiger charge is -2.35. The largest absolute Gasteiger partial charge is 0.370 e. The number of pyridine rings is 1. The normalized spacial score (nSPS) is 22.2. The fourth-order valence-electron chi connectivity index (χ4n) is 4.27. The number of hydrogen-bond acceptors (Lipinski definition) is 5. The molecule has 2 aliphatic rings. The van der Waals surface area contributed by atoms with E-state index in [-0.39, 0.29) is 17.5 Å². The van der Waals surface area contributed by atoms with Crippen molar-refractivity contribution in [2.45, 2.75) is 18.5 Å². The molecular formula is C23H17N3O3. The van der Waals surface area contributed by atoms with Gasteiger partial charge in [-0.2, -0.15) is 0 Å². The Bertz CT molecular complexity index is 1170. The van der Waals surface area contributed by atoms with Crippen LogP contribution in [0.4, 0.5) is 11.4 Å². The van der Waals surface area contributed by atoms with Crippen LogP contribution in [0.15, 0.2) is 73.1 Å². The van der Waals surface area contributed by atoms with E-state index in [1.807, 2.05) is 6.07 Å². The second-order valence-corrected chi connectivity index (χ2v) is 7.40. The maximum atomic E-state index is 13.4. The molecule has 1 amide bonds. The summed E-state index contributed by atoms with van der Waals surface area (Å²) in [7, 11) is 0. The molecule has 142 valence electrons. The number of fused-ring (bicyclic) bond motifs is 2. The van der Waals surface area contributed by atoms with Crippen LogP contribution < -0.4 is 10.2 Å². The Balaban J connectivity index is 1.67. The summed E-state index contributed by atoms with van der Waals surface area (Å²) in [5.41, 5.74) is 1.20. The molecule has 2 unspecified atom stereocenters. The van der Waals surface area contributed by atoms with Gasteiger partial charge in [0.1, 0.15) is 11.6 Å². The van der Waals surface area contributed by atoms with Crippen LogP contribution in [-0.4, -0.2) is 34.0 Å². The average molecular weight is 383 g/mol. The Morgan fingerprint density at radius 2 is 1.72 bits per heavy atom. The van der Waals surface area contributed by atoms with Crippen LogP contribution in [0.5, 0.6) is 0 Å². The molecule has 6 heteroatoms. The maximum Gasteiger partial charge on any atom is 0.260 e. The molecule has 2 atom stereocenters. The van der Waals surface area contributed by atoms with Gasteiger partial charge < -0.3 is 5.32 Å². The third-order valence-electron chi connectivity index (χ3n) is 5.65. The lowest BCUT2D eigenvalue weighted by molar-refractivity contribution is 0.0813. The summed E-state index contributed by atoms with van der Waals surface area (Å²) in [5.74, 6) is -0.828. The SMILES string of the molecule is CC1(C2C(=O)c3ccccc3N2C(=O)c2cccnc2)Nc2ccccc2C1=O. The van der Waals surface area contributed by atoms with Crippen molar-refractivity contribution < 1.29 is 14.4 Å². The Morgan fingerprint density at radius 1 is 1.00 bits per heavy atom. The van der Waals surface area contributed by atoms with E-state index in [4.69, 9.17) is 0 Å². The summed E-state index contributed by atoms with van der Waals surface area (Å²) in [6, 6.07) is 16.4. The predicted molar refractivity (Wildman–Crippen MR) is 108 cm³/mol. The molecule has 0 fully saturated rings. The van der Waals surface area contributed by atoms with Crippen molar-refractivity contribution in [2.24, 2.45) is 0 Å². The molecule has 3 aromatic rings. The molecule has 29 heavy (non-hydrogen) atoms. The van der Waals surface area contributed by atoms with E-state index in [2.05, 4.69) is 10.3 Å². The van der Waals surface area contributed by atoms with Gasteiger partial charge in [-0.1, -0.05) is 24.3 Å². The minimum Gasteiger partial charge on any atom is -0.370 e. The Kier molecular flexibility index (Phi) is 3.64. The van der Waals surface area contributed by atoms with Crippen LogP contribution >= 0.6 is 0 Å². The van der Waals surface area contributed by atoms with Gasteiger partial charge in [-0.3, -0.25) is 24.3 Å². The molecule has 2 aliphatic heterocycles. The van der Waals surface area contributed by atoms with E-state index in [0.29, 0.717) is 28.1 Å². The lowest BCUT2D eigenvalue weighted by atomic mass is 9.84. The zero-order valence-electron chi connectivity index (χ0n) is 15.6. The van der Waals surface area contributed by atoms with Gasteiger partial charge in [-0.15, -0.1) is 0 Å². The number of para-hydroxylation sites is 2. The van der Waals surface area contributed by atoms with Crippen LogP contribution in [0.25, 0.3) is 0 Å². The number of hydrogen-bond donors (Lipinski definition) is 1. The molecule has 0 saturated heterocycles. The van der Waals surface area contributed by atoms with Crippen LogP contribution in [0.3, 0.4) is 0 Å². The van der Waals surface area contributed by atoms with Crippen molar-refractivity contribution >= 4 is 28.8 Å². The van der Waals surface area contributed by atoms with Crippen molar-refractivity contribution in [3.8, 4) is 0 Å². The number of aromatic nitrogens is 1. The zero-order chi connectivity index (χ0) is 20.2. The fourth-order valence-corrected chi connectivity index (χ4v) is 4.27. The molecular weight excluding hydrogens is 366 g/mol. The first-order valence-electron chi connectivity index (χ1n) is 9.31. The van der Waals surface area contributed by atoms with Crippen molar-refractivity contribution in [2.75, 3.05) is 10.2 Å². The van der Waals surface area contributed by atoms with Crippen molar-refractivity contribution in [1.29, 1.82) is 0 Å². The Morgan fingerprint density at radius 3 is 2.45 bits per heavy atom. The van der Waals surface area contributed by atoms with Gasteiger partial charge in [0.15, 0.2) is 11.6 Å². The van der Waals surface area contributed by atoms with Gasteiger partial charge in [0.05, 0.1) is 11.3 Å². The highest BCUT2D eigenvalue weighted by Gasteiger charge is 2.57. The van der Waals surface area contributed by atoms with Crippen molar-refractivity contribution in [3.63, 3.8) is 0 Å². The number of nitrogens with one attached hydrogen (secondary N) is 1. The number of carbonyl (C=O) groups excluding carboxylic acids is 3. The molecule has 0 spiro atoms. The highest BCUT2D eigenvalue weighted by molar-refractivity contribution is 6.26. The monoisotopic (exact) mass is 383 g/mol. The molecule has 0 aliphatic carbocycles. The molecule has 3 heterocycles. The van der Waals surface area contributed by atoms with Gasteiger partial charge in [0.2, 0.25) is 0 Å². The van der Waals surface area contributed by atoms with Crippen molar-refractivity contribution in [1.82, 2.24) is 4.98 Å². The molecule has 2 aromatic carbocycles. The van der Waals surface area contributed by atoms with E-state index >= 15 is 0 Å². The topological polar surface area (TPSA) is 79.4 Å². The summed E-state index contributed by atoms with van der Waals surface area (Å²) in [5, 5.41) is 3.22. The van der Waals surface area contributed by atoms with E-state index < -0.39 is 11.6 Å². The molecule has 0 saturated carbocycles. The first-order chi connectivity index (χ1) is 14.0. The molecule has 5 rings (SSSR count). The lowest BCUT2D eigenvalue weighted by Crippen LogP contribution is -2.60. The molecule has 0 radical (unpaired) electrons. The van der Waals surface area contributed by atoms with E-state index in [0.717, 1.165) is 0 Å². The molecule has 1 N–H and O–H groups in total. The smallest absolute Gasteiger partial charge is 0.260 e. The number of carbonyl (C=O) groups is 3. The third-order valence-corrected chi connectivity index (χ3v) is 5.65. The number of benzene rings is 2. The first kappa shape index (κ1) is 17.3. The maximum absolute atomic E-state index is 13.4. The number of amides is 1. The standard InChI is InChI=1S/C23H17N3O3/c1-23(21(28)15-8-2-4-10-17(15)25-23)20-19(27)16-9-3-5-11-18(16)26(20)22(29)14-7-6-12-24-13-14/h2-13,20,25H,1H3. The number of ketones is 2. The molecule has 6 nitrogen and oxygen atoms in total. The zero-order valence-corrected chi connectivity index (χ0v) is 15.6. The Labute approximate surface area is 167 Å². The predicted octanol–water partition coefficient (Wildman–Crippen LogP) is 3.36. The highest BCUT2D eigenvalue weighted by atomic mass is 16.2. The van der Waals surface area contributed by atoms with Gasteiger partial charge in [0.25, 0.3) is 5.91 Å². The van der Waals surface area contributed by atoms with E-state index in [1.54, 1.807) is 67.7 Å². The second kappa shape index (κ2) is 6.10. The fraction of sp³-hybridized carbons (Fsp3) is 0.130. The summed E-state index contributed by atoms with van der Waals surface area (Å²) in [6.07, 6.45) is 3.04. The number of anilines is 2. The van der Waals surface area contributed by atoms with Gasteiger partial charge in [-0.05, 0) is 43.3 Å². The third kappa shape index (κ3) is 2.35. The van der Waals surface area contributed by atoms with Crippen LogP contribution in [0.2, 0.25) is 0 Å². The summed E-state index contributed by atoms with van der Waals surface area (Å²) < 4.78 is 0. The summed E-state index contributed by atoms with van der Waals surface area (Å²) >= 11 is 0. The molecule has 0 bridgehead atoms. The number of Topliss-reactive ketones (excluding diaryl/α,β-unsaturated/α-hetero) is 2. The summed E-state index contributed by atoms with van der Waals surface area (Å²) in [4.78, 5) is 45.7. The van der Waals surface area contributed by atoms with Gasteiger partial charge in [0, 0.05) is 29.2 Å². The quantitative estimate of drug-likeness (QED) is 0.734. The van der Waals surface area contributed by atoms with E-state index in [9.17, 15) is 14.4 Å². The van der Waals surface area contributed by atoms with Gasteiger partial charge in [-0.25, -0.2) is 0 Å². The van der Waals surface area contributed by atoms with E-state index in [1.165, 1.54) is 11.1 Å². The number of nitrogens with zero attached hydrogens (tertiary/aromatic N) is 2. The molecule has 1 aromatic heterocycles. The van der Waals surface area contributed by atoms with Crippen LogP contribution in [0, 0.1) is 0 Å². The first-order valence-corrected chi connectivity index (χ1v) is 9.31. The average Bonchev–Trinajstić information content (AvgIpc) is 3.20.